The minimum atomic E-state index is -0.508. The van der Waals surface area contributed by atoms with Crippen LogP contribution >= 0.6 is 0 Å². The highest BCUT2D eigenvalue weighted by molar-refractivity contribution is 5.98. The monoisotopic (exact) mass is 349 g/mol. The minimum Gasteiger partial charge on any atom is -0.338 e. The summed E-state index contributed by atoms with van der Waals surface area (Å²) >= 11 is 0. The van der Waals surface area contributed by atoms with E-state index in [1.165, 1.54) is 5.56 Å². The molecule has 26 heavy (non-hydrogen) atoms. The van der Waals surface area contributed by atoms with E-state index in [0.717, 1.165) is 24.1 Å². The second-order valence-electron chi connectivity index (χ2n) is 7.10. The molecule has 0 saturated heterocycles. The normalized spacial score (nSPS) is 24.0. The van der Waals surface area contributed by atoms with Crippen LogP contribution in [0.4, 0.5) is 10.5 Å². The van der Waals surface area contributed by atoms with Crippen molar-refractivity contribution in [3.63, 3.8) is 0 Å². The number of urea groups is 1. The fourth-order valence-electron chi connectivity index (χ4n) is 3.66. The van der Waals surface area contributed by atoms with Gasteiger partial charge in [-0.15, -0.1) is 0 Å². The molecule has 5 nitrogen and oxygen atoms in total. The van der Waals surface area contributed by atoms with Gasteiger partial charge in [0.1, 0.15) is 6.04 Å². The molecule has 1 aliphatic heterocycles. The van der Waals surface area contributed by atoms with E-state index < -0.39 is 6.04 Å². The molecule has 2 aromatic carbocycles. The van der Waals surface area contributed by atoms with Crippen molar-refractivity contribution in [2.24, 2.45) is 5.92 Å². The molecule has 3 atom stereocenters. The maximum atomic E-state index is 12.3. The number of aryl methyl sites for hydroxylation is 1. The van der Waals surface area contributed by atoms with Crippen LogP contribution in [-0.2, 0) is 11.2 Å². The molecular weight excluding hydrogens is 326 g/mol. The number of nitrogens with one attached hydrogen (secondary N) is 3. The summed E-state index contributed by atoms with van der Waals surface area (Å²) < 4.78 is 0. The van der Waals surface area contributed by atoms with Crippen LogP contribution < -0.4 is 16.0 Å². The summed E-state index contributed by atoms with van der Waals surface area (Å²) in [5.74, 6) is 0.862. The number of fused-ring (bicyclic) bond motifs is 1. The van der Waals surface area contributed by atoms with E-state index in [4.69, 9.17) is 0 Å². The second-order valence-corrected chi connectivity index (χ2v) is 7.10. The quantitative estimate of drug-likeness (QED) is 0.794. The summed E-state index contributed by atoms with van der Waals surface area (Å²) in [5, 5.41) is 8.65. The number of carbonyl (C=O) groups excluding carboxylic acids is 2. The Bertz CT molecular complexity index is 806. The van der Waals surface area contributed by atoms with E-state index in [1.807, 2.05) is 42.5 Å². The molecule has 4 rings (SSSR count). The zero-order valence-electron chi connectivity index (χ0n) is 14.6. The molecule has 0 radical (unpaired) electrons. The third-order valence-corrected chi connectivity index (χ3v) is 5.27. The summed E-state index contributed by atoms with van der Waals surface area (Å²) in [5.41, 5.74) is 3.28. The van der Waals surface area contributed by atoms with Crippen LogP contribution in [0.2, 0.25) is 0 Å². The molecule has 1 heterocycles. The van der Waals surface area contributed by atoms with Gasteiger partial charge in [0.15, 0.2) is 0 Å². The Morgan fingerprint density at radius 2 is 1.85 bits per heavy atom. The molecule has 1 saturated carbocycles. The topological polar surface area (TPSA) is 70.2 Å². The molecule has 1 unspecified atom stereocenters. The van der Waals surface area contributed by atoms with Crippen molar-refractivity contribution in [2.75, 3.05) is 11.9 Å². The summed E-state index contributed by atoms with van der Waals surface area (Å²) in [6.07, 6.45) is 2.47. The van der Waals surface area contributed by atoms with Crippen molar-refractivity contribution in [3.05, 3.63) is 65.7 Å². The Kier molecular flexibility index (Phi) is 4.61. The minimum absolute atomic E-state index is 0.154. The predicted molar refractivity (Wildman–Crippen MR) is 101 cm³/mol. The molecule has 2 aliphatic rings. The third kappa shape index (κ3) is 3.72. The lowest BCUT2D eigenvalue weighted by Crippen LogP contribution is -2.48. The van der Waals surface area contributed by atoms with Crippen LogP contribution in [0.5, 0.6) is 0 Å². The number of hydrogen-bond acceptors (Lipinski definition) is 2. The van der Waals surface area contributed by atoms with Crippen molar-refractivity contribution in [3.8, 4) is 0 Å². The molecule has 0 bridgehead atoms. The first-order chi connectivity index (χ1) is 12.7. The Morgan fingerprint density at radius 3 is 2.69 bits per heavy atom. The fraction of sp³-hybridized carbons (Fsp3) is 0.333. The van der Waals surface area contributed by atoms with Gasteiger partial charge < -0.3 is 16.0 Å². The highest BCUT2D eigenvalue weighted by Gasteiger charge is 2.38. The summed E-state index contributed by atoms with van der Waals surface area (Å²) in [4.78, 5) is 24.6. The van der Waals surface area contributed by atoms with E-state index in [0.29, 0.717) is 24.8 Å². The first-order valence-electron chi connectivity index (χ1n) is 9.19. The van der Waals surface area contributed by atoms with Gasteiger partial charge in [-0.05, 0) is 48.3 Å². The molecular formula is C21H23N3O2. The van der Waals surface area contributed by atoms with Crippen LogP contribution in [0.15, 0.2) is 54.6 Å². The van der Waals surface area contributed by atoms with Crippen LogP contribution in [0.3, 0.4) is 0 Å². The molecule has 134 valence electrons. The summed E-state index contributed by atoms with van der Waals surface area (Å²) in [7, 11) is 0. The predicted octanol–water partition coefficient (Wildman–Crippen LogP) is 3.04. The van der Waals surface area contributed by atoms with Crippen molar-refractivity contribution in [1.82, 2.24) is 10.6 Å². The van der Waals surface area contributed by atoms with Gasteiger partial charge in [-0.3, -0.25) is 4.79 Å². The molecule has 0 aromatic heterocycles. The molecule has 5 heteroatoms. The van der Waals surface area contributed by atoms with Gasteiger partial charge in [0.25, 0.3) is 0 Å². The maximum absolute atomic E-state index is 12.3. The van der Waals surface area contributed by atoms with Crippen LogP contribution in [0.25, 0.3) is 0 Å². The average Bonchev–Trinajstić information content (AvgIpc) is 3.46. The smallest absolute Gasteiger partial charge is 0.315 e. The van der Waals surface area contributed by atoms with Gasteiger partial charge in [0.2, 0.25) is 5.91 Å². The second kappa shape index (κ2) is 7.20. The number of hydrogen-bond donors (Lipinski definition) is 3. The van der Waals surface area contributed by atoms with E-state index in [9.17, 15) is 9.59 Å². The lowest BCUT2D eigenvalue weighted by molar-refractivity contribution is -0.117. The molecule has 1 aliphatic carbocycles. The van der Waals surface area contributed by atoms with Crippen LogP contribution in [-0.4, -0.2) is 24.5 Å². The highest BCUT2D eigenvalue weighted by Crippen LogP contribution is 2.46. The maximum Gasteiger partial charge on any atom is 0.315 e. The van der Waals surface area contributed by atoms with Crippen molar-refractivity contribution >= 4 is 17.6 Å². The number of amides is 3. The standard InChI is InChI=1S/C21H23N3O2/c25-20-19(11-10-15-8-4-5-9-18(15)23-20)24-21(26)22-13-16-12-17(16)14-6-2-1-3-7-14/h1-9,16-17,19H,10-13H2,(H,23,25)(H2,22,24,26)/t16-,17-,19?/m0/s1. The van der Waals surface area contributed by atoms with Crippen LogP contribution in [0.1, 0.15) is 29.9 Å². The largest absolute Gasteiger partial charge is 0.338 e. The van der Waals surface area contributed by atoms with Gasteiger partial charge in [-0.2, -0.15) is 0 Å². The van der Waals surface area contributed by atoms with Crippen LogP contribution in [0, 0.1) is 5.92 Å². The first kappa shape index (κ1) is 16.6. The van der Waals surface area contributed by atoms with E-state index in [2.05, 4.69) is 28.1 Å². The van der Waals surface area contributed by atoms with Crippen molar-refractivity contribution in [2.45, 2.75) is 31.2 Å². The molecule has 3 N–H and O–H groups in total. The summed E-state index contributed by atoms with van der Waals surface area (Å²) in [6.45, 7) is 0.639. The average molecular weight is 349 g/mol. The zero-order chi connectivity index (χ0) is 17.9. The van der Waals surface area contributed by atoms with E-state index >= 15 is 0 Å². The molecule has 0 spiro atoms. The fourth-order valence-corrected chi connectivity index (χ4v) is 3.66. The van der Waals surface area contributed by atoms with Crippen molar-refractivity contribution in [1.29, 1.82) is 0 Å². The van der Waals surface area contributed by atoms with Crippen molar-refractivity contribution < 1.29 is 9.59 Å². The lowest BCUT2D eigenvalue weighted by Gasteiger charge is -2.16. The van der Waals surface area contributed by atoms with Gasteiger partial charge >= 0.3 is 6.03 Å². The van der Waals surface area contributed by atoms with Gasteiger partial charge in [0, 0.05) is 12.2 Å². The van der Waals surface area contributed by atoms with Gasteiger partial charge in [0.05, 0.1) is 0 Å². The number of carbonyl (C=O) groups is 2. The Labute approximate surface area is 153 Å². The molecule has 3 amide bonds. The first-order valence-corrected chi connectivity index (χ1v) is 9.19. The summed E-state index contributed by atoms with van der Waals surface area (Å²) in [6, 6.07) is 17.4. The Hall–Kier alpha value is -2.82. The third-order valence-electron chi connectivity index (χ3n) is 5.27. The van der Waals surface area contributed by atoms with E-state index in [1.54, 1.807) is 0 Å². The number of para-hydroxylation sites is 1. The Morgan fingerprint density at radius 1 is 1.08 bits per heavy atom. The highest BCUT2D eigenvalue weighted by atomic mass is 16.2. The number of rotatable bonds is 4. The number of benzene rings is 2. The van der Waals surface area contributed by atoms with Gasteiger partial charge in [-0.1, -0.05) is 48.5 Å². The molecule has 1 fully saturated rings. The lowest BCUT2D eigenvalue weighted by atomic mass is 10.1. The SMILES string of the molecule is O=C(NC[C@@H]1C[C@H]1c1ccccc1)NC1CCc2ccccc2NC1=O. The molecule has 2 aromatic rings. The number of anilines is 1. The van der Waals surface area contributed by atoms with E-state index in [-0.39, 0.29) is 11.9 Å². The zero-order valence-corrected chi connectivity index (χ0v) is 14.6. The Balaban J connectivity index is 1.26. The van der Waals surface area contributed by atoms with Gasteiger partial charge in [-0.25, -0.2) is 4.79 Å².